The number of benzene rings is 6. The number of allylic oxidation sites excluding steroid dienone is 1. The highest BCUT2D eigenvalue weighted by Gasteiger charge is 2.42. The zero-order valence-corrected chi connectivity index (χ0v) is 42.8. The van der Waals surface area contributed by atoms with Crippen molar-refractivity contribution >= 4 is 101 Å². The van der Waals surface area contributed by atoms with Crippen LogP contribution in [0.3, 0.4) is 0 Å². The van der Waals surface area contributed by atoms with Crippen molar-refractivity contribution in [2.75, 3.05) is 4.90 Å². The second-order valence-electron chi connectivity index (χ2n) is 19.5. The zero-order chi connectivity index (χ0) is 49.0. The van der Waals surface area contributed by atoms with E-state index in [-0.39, 0.29) is 28.0 Å². The molecule has 0 bridgehead atoms. The van der Waals surface area contributed by atoms with Gasteiger partial charge in [-0.15, -0.1) is 34.0 Å². The number of fused-ring (bicyclic) bond motifs is 7. The third-order valence-electron chi connectivity index (χ3n) is 15.0. The Balaban J connectivity index is 0.870. The topological polar surface area (TPSA) is 74.7 Å². The molecule has 12 rings (SSSR count). The minimum Gasteiger partial charge on any atom is -0.478 e. The van der Waals surface area contributed by atoms with E-state index in [0.29, 0.717) is 12.0 Å². The predicted octanol–water partition coefficient (Wildman–Crippen LogP) is 17.7. The van der Waals surface area contributed by atoms with Gasteiger partial charge in [-0.1, -0.05) is 118 Å². The second kappa shape index (κ2) is 19.2. The average molecular weight is 996 g/mol. The summed E-state index contributed by atoms with van der Waals surface area (Å²) in [6.45, 7) is 4.44. The van der Waals surface area contributed by atoms with Crippen molar-refractivity contribution in [1.29, 1.82) is 0 Å². The van der Waals surface area contributed by atoms with Gasteiger partial charge in [0.05, 0.1) is 11.1 Å². The van der Waals surface area contributed by atoms with Gasteiger partial charge in [-0.2, -0.15) is 0 Å². The van der Waals surface area contributed by atoms with Crippen molar-refractivity contribution in [1.82, 2.24) is 0 Å². The number of anilines is 2. The van der Waals surface area contributed by atoms with Crippen LogP contribution >= 0.6 is 34.0 Å². The lowest BCUT2D eigenvalue weighted by atomic mass is 9.93. The third kappa shape index (κ3) is 8.29. The maximum absolute atomic E-state index is 13.6. The molecule has 8 heteroatoms. The molecule has 0 saturated heterocycles. The first kappa shape index (κ1) is 46.1. The van der Waals surface area contributed by atoms with Gasteiger partial charge in [0.15, 0.2) is 11.6 Å². The Hall–Kier alpha value is -6.97. The largest absolute Gasteiger partial charge is 0.478 e. The quantitative estimate of drug-likeness (QED) is 0.0667. The molecule has 6 aromatic carbocycles. The van der Waals surface area contributed by atoms with Gasteiger partial charge in [-0.25, -0.2) is 4.79 Å². The van der Waals surface area contributed by atoms with Crippen molar-refractivity contribution in [3.63, 3.8) is 0 Å². The first-order valence-electron chi connectivity index (χ1n) is 25.4. The summed E-state index contributed by atoms with van der Waals surface area (Å²) in [4.78, 5) is 46.1. The molecule has 1 saturated carbocycles. The molecule has 1 fully saturated rings. The highest BCUT2D eigenvalue weighted by Crippen LogP contribution is 2.54. The van der Waals surface area contributed by atoms with E-state index in [0.717, 1.165) is 43.4 Å². The molecule has 3 aromatic heterocycles. The molecule has 1 N–H and O–H groups in total. The van der Waals surface area contributed by atoms with Crippen LogP contribution in [0.15, 0.2) is 151 Å². The Morgan fingerprint density at radius 3 is 2.06 bits per heavy atom. The number of hydrogen-bond donors (Lipinski definition) is 1. The van der Waals surface area contributed by atoms with Crippen LogP contribution in [0.1, 0.15) is 134 Å². The standard InChI is InChI=1S/C64H53NO4S3/c1-3-5-14-42-32-46(37-54-60(66)50-27-24-44(64(68)69)33-53(50)61(54)67)70-62(42)63-43(15-6-4-2)35-57(72-63)41-23-26-48-49-28-25-45(36-59(49)71-58(48)34-41)65-55-21-13-20-47(55)52-31-38(22-29-56(52)65)30-51(39-16-9-7-10-17-39)40-18-11-8-12-19-40/h7-12,16-19,22-37,47,55H,3-6,13-15,20-21H2,1-2H3,(H,68,69)/b54-37-. The molecule has 2 atom stereocenters. The molecule has 2 aliphatic carbocycles. The molecule has 1 aliphatic heterocycles. The SMILES string of the molecule is CCCCc1cc(/C=C2/C(=O)c3ccc(C(=O)O)cc3C2=O)sc1-c1sc(-c2ccc3c(c2)sc2cc(N4c5ccc(C=C(c6ccccc6)c6ccccc6)cc5C5CCCC54)ccc23)cc1CCCC. The van der Waals surface area contributed by atoms with Crippen molar-refractivity contribution < 1.29 is 19.5 Å². The Bertz CT molecular complexity index is 3640. The van der Waals surface area contributed by atoms with Gasteiger partial charge in [0.1, 0.15) is 0 Å². The number of Topliss-reactive ketones (excluding diaryl/α,β-unsaturated/α-hetero) is 2. The maximum Gasteiger partial charge on any atom is 0.335 e. The lowest BCUT2D eigenvalue weighted by Crippen LogP contribution is -2.26. The molecule has 9 aromatic rings. The summed E-state index contributed by atoms with van der Waals surface area (Å²) in [5.41, 5.74) is 13.3. The van der Waals surface area contributed by atoms with Crippen LogP contribution in [0.4, 0.5) is 11.4 Å². The summed E-state index contributed by atoms with van der Waals surface area (Å²) < 4.78 is 2.59. The fourth-order valence-corrected chi connectivity index (χ4v) is 15.2. The van der Waals surface area contributed by atoms with Crippen LogP contribution in [0.5, 0.6) is 0 Å². The number of carboxylic acids is 1. The minimum atomic E-state index is -1.13. The molecule has 2 unspecified atom stereocenters. The fraction of sp³-hybridized carbons (Fsp3) is 0.203. The number of carboxylic acid groups (broad SMARTS) is 1. The molecule has 72 heavy (non-hydrogen) atoms. The van der Waals surface area contributed by atoms with E-state index in [4.69, 9.17) is 0 Å². The van der Waals surface area contributed by atoms with Crippen LogP contribution < -0.4 is 4.90 Å². The van der Waals surface area contributed by atoms with Gasteiger partial charge in [0.25, 0.3) is 0 Å². The Labute approximate surface area is 432 Å². The monoisotopic (exact) mass is 995 g/mol. The minimum absolute atomic E-state index is 0.00305. The summed E-state index contributed by atoms with van der Waals surface area (Å²) >= 11 is 5.38. The summed E-state index contributed by atoms with van der Waals surface area (Å²) in [5.74, 6) is -1.38. The molecule has 3 aliphatic rings. The number of nitrogens with zero attached hydrogens (tertiary/aromatic N) is 1. The molecule has 0 spiro atoms. The van der Waals surface area contributed by atoms with E-state index in [1.165, 1.54) is 128 Å². The molecule has 0 amide bonds. The molecule has 5 nitrogen and oxygen atoms in total. The van der Waals surface area contributed by atoms with E-state index in [1.807, 2.05) is 22.7 Å². The van der Waals surface area contributed by atoms with E-state index >= 15 is 0 Å². The van der Waals surface area contributed by atoms with Gasteiger partial charge >= 0.3 is 5.97 Å². The Kier molecular flexibility index (Phi) is 12.3. The van der Waals surface area contributed by atoms with Crippen LogP contribution in [0, 0.1) is 0 Å². The molecular weight excluding hydrogens is 943 g/mol. The van der Waals surface area contributed by atoms with Gasteiger partial charge < -0.3 is 10.0 Å². The fourth-order valence-electron chi connectivity index (χ4n) is 11.4. The van der Waals surface area contributed by atoms with Crippen LogP contribution in [0.25, 0.3) is 58.1 Å². The van der Waals surface area contributed by atoms with E-state index in [1.54, 1.807) is 17.4 Å². The van der Waals surface area contributed by atoms with E-state index < -0.39 is 11.8 Å². The summed E-state index contributed by atoms with van der Waals surface area (Å²) in [7, 11) is 0. The van der Waals surface area contributed by atoms with Gasteiger partial charge in [0, 0.05) is 74.1 Å². The number of rotatable bonds is 14. The third-order valence-corrected chi connectivity index (χ3v) is 18.6. The number of unbranched alkanes of at least 4 members (excludes halogenated alkanes) is 2. The van der Waals surface area contributed by atoms with Crippen molar-refractivity contribution in [3.05, 3.63) is 206 Å². The number of hydrogen-bond acceptors (Lipinski definition) is 7. The van der Waals surface area contributed by atoms with Gasteiger partial charge in [-0.05, 0) is 156 Å². The highest BCUT2D eigenvalue weighted by molar-refractivity contribution is 7.26. The number of ketones is 2. The maximum atomic E-state index is 13.6. The van der Waals surface area contributed by atoms with Crippen LogP contribution in [-0.2, 0) is 12.8 Å². The number of aromatic carboxylic acids is 1. The average Bonchev–Trinajstić information content (AvgIpc) is 4.28. The number of carbonyl (C=O) groups is 3. The van der Waals surface area contributed by atoms with Crippen molar-refractivity contribution in [2.24, 2.45) is 0 Å². The molecule has 4 heterocycles. The van der Waals surface area contributed by atoms with Gasteiger partial charge in [-0.3, -0.25) is 9.59 Å². The first-order valence-corrected chi connectivity index (χ1v) is 27.9. The summed E-state index contributed by atoms with van der Waals surface area (Å²) in [6, 6.07) is 51.9. The van der Waals surface area contributed by atoms with Crippen molar-refractivity contribution in [3.8, 4) is 20.2 Å². The molecule has 0 radical (unpaired) electrons. The van der Waals surface area contributed by atoms with E-state index in [2.05, 4.69) is 152 Å². The second-order valence-corrected chi connectivity index (χ2v) is 22.8. The highest BCUT2D eigenvalue weighted by atomic mass is 32.1. The lowest BCUT2D eigenvalue weighted by molar-refractivity contribution is 0.0696. The zero-order valence-electron chi connectivity index (χ0n) is 40.4. The predicted molar refractivity (Wildman–Crippen MR) is 302 cm³/mol. The lowest BCUT2D eigenvalue weighted by Gasteiger charge is -2.27. The van der Waals surface area contributed by atoms with Gasteiger partial charge in [0.2, 0.25) is 0 Å². The molecular formula is C64H53NO4S3. The smallest absolute Gasteiger partial charge is 0.335 e. The Morgan fingerprint density at radius 1 is 0.653 bits per heavy atom. The normalized spacial score (nSPS) is 16.5. The van der Waals surface area contributed by atoms with Crippen LogP contribution in [-0.4, -0.2) is 28.7 Å². The first-order chi connectivity index (χ1) is 35.2. The Morgan fingerprint density at radius 2 is 1.33 bits per heavy atom. The molecule has 356 valence electrons. The van der Waals surface area contributed by atoms with Crippen LogP contribution in [0.2, 0.25) is 0 Å². The number of thiophene rings is 3. The number of carbonyl (C=O) groups excluding carboxylic acids is 2. The number of aryl methyl sites for hydroxylation is 2. The van der Waals surface area contributed by atoms with E-state index in [9.17, 15) is 19.5 Å². The summed E-state index contributed by atoms with van der Waals surface area (Å²) in [5, 5.41) is 12.1. The van der Waals surface area contributed by atoms with Crippen molar-refractivity contribution in [2.45, 2.75) is 83.6 Å². The summed E-state index contributed by atoms with van der Waals surface area (Å²) in [6.07, 6.45) is 13.9.